The zero-order valence-electron chi connectivity index (χ0n) is 12.8. The third-order valence-corrected chi connectivity index (χ3v) is 4.04. The van der Waals surface area contributed by atoms with Crippen LogP contribution in [0.25, 0.3) is 0 Å². The molecule has 0 radical (unpaired) electrons. The molecule has 0 unspecified atom stereocenters. The molecule has 0 aliphatic carbocycles. The third kappa shape index (κ3) is 4.36. The van der Waals surface area contributed by atoms with E-state index in [1.807, 2.05) is 12.1 Å². The van der Waals surface area contributed by atoms with Crippen LogP contribution in [0.2, 0.25) is 5.02 Å². The van der Waals surface area contributed by atoms with Gasteiger partial charge in [0.05, 0.1) is 11.9 Å². The number of piperidine rings is 1. The fourth-order valence-corrected chi connectivity index (χ4v) is 2.72. The Labute approximate surface area is 140 Å². The normalized spacial score (nSPS) is 14.4. The summed E-state index contributed by atoms with van der Waals surface area (Å²) in [6.07, 6.45) is 5.41. The van der Waals surface area contributed by atoms with Gasteiger partial charge in [-0.2, -0.15) is 0 Å². The first-order valence-corrected chi connectivity index (χ1v) is 8.13. The molecule has 0 saturated carbocycles. The standard InChI is InChI=1S/C17H19ClN4O/c18-13-4-6-14(7-5-13)20-17(23)21-15-8-9-16(19-12-15)22-10-2-1-3-11-22/h4-9,12H,1-3,10-11H2,(H2,20,21,23). The van der Waals surface area contributed by atoms with Crippen LogP contribution in [0.1, 0.15) is 19.3 Å². The number of hydrogen-bond acceptors (Lipinski definition) is 3. The van der Waals surface area contributed by atoms with Crippen molar-refractivity contribution in [2.75, 3.05) is 28.6 Å². The van der Waals surface area contributed by atoms with Gasteiger partial charge in [0.2, 0.25) is 0 Å². The molecule has 5 nitrogen and oxygen atoms in total. The molecule has 2 heterocycles. The average Bonchev–Trinajstić information content (AvgIpc) is 2.58. The number of carbonyl (C=O) groups is 1. The highest BCUT2D eigenvalue weighted by molar-refractivity contribution is 6.30. The largest absolute Gasteiger partial charge is 0.357 e. The van der Waals surface area contributed by atoms with Crippen LogP contribution in [0, 0.1) is 0 Å². The van der Waals surface area contributed by atoms with Gasteiger partial charge >= 0.3 is 6.03 Å². The first kappa shape index (κ1) is 15.6. The van der Waals surface area contributed by atoms with Crippen LogP contribution in [-0.4, -0.2) is 24.1 Å². The van der Waals surface area contributed by atoms with Crippen LogP contribution in [-0.2, 0) is 0 Å². The lowest BCUT2D eigenvalue weighted by Crippen LogP contribution is -2.30. The molecule has 2 N–H and O–H groups in total. The van der Waals surface area contributed by atoms with E-state index in [0.29, 0.717) is 16.4 Å². The molecule has 120 valence electrons. The molecular weight excluding hydrogens is 312 g/mol. The zero-order chi connectivity index (χ0) is 16.1. The molecular formula is C17H19ClN4O. The topological polar surface area (TPSA) is 57.3 Å². The maximum atomic E-state index is 12.0. The smallest absolute Gasteiger partial charge is 0.323 e. The van der Waals surface area contributed by atoms with Gasteiger partial charge in [-0.1, -0.05) is 11.6 Å². The Hall–Kier alpha value is -2.27. The van der Waals surface area contributed by atoms with Gasteiger partial charge in [-0.25, -0.2) is 9.78 Å². The second-order valence-corrected chi connectivity index (χ2v) is 5.98. The lowest BCUT2D eigenvalue weighted by molar-refractivity contribution is 0.262. The van der Waals surface area contributed by atoms with E-state index >= 15 is 0 Å². The van der Waals surface area contributed by atoms with E-state index in [1.54, 1.807) is 30.5 Å². The maximum Gasteiger partial charge on any atom is 0.323 e. The van der Waals surface area contributed by atoms with E-state index in [-0.39, 0.29) is 6.03 Å². The third-order valence-electron chi connectivity index (χ3n) is 3.79. The number of nitrogens with one attached hydrogen (secondary N) is 2. The van der Waals surface area contributed by atoms with E-state index in [4.69, 9.17) is 11.6 Å². The van der Waals surface area contributed by atoms with Crippen molar-refractivity contribution in [3.8, 4) is 0 Å². The van der Waals surface area contributed by atoms with Crippen LogP contribution in [0.4, 0.5) is 22.0 Å². The minimum absolute atomic E-state index is 0.306. The number of rotatable bonds is 3. The first-order valence-electron chi connectivity index (χ1n) is 7.75. The lowest BCUT2D eigenvalue weighted by Gasteiger charge is -2.27. The summed E-state index contributed by atoms with van der Waals surface area (Å²) in [5.74, 6) is 0.966. The summed E-state index contributed by atoms with van der Waals surface area (Å²) in [7, 11) is 0. The van der Waals surface area contributed by atoms with Crippen molar-refractivity contribution in [1.82, 2.24) is 4.98 Å². The quantitative estimate of drug-likeness (QED) is 0.878. The van der Waals surface area contributed by atoms with Gasteiger partial charge in [-0.15, -0.1) is 0 Å². The van der Waals surface area contributed by atoms with Crippen molar-refractivity contribution in [1.29, 1.82) is 0 Å². The average molecular weight is 331 g/mol. The fourth-order valence-electron chi connectivity index (χ4n) is 2.60. The minimum Gasteiger partial charge on any atom is -0.357 e. The van der Waals surface area contributed by atoms with Gasteiger partial charge in [0.15, 0.2) is 0 Å². The number of amides is 2. The molecule has 3 rings (SSSR count). The molecule has 0 bridgehead atoms. The predicted octanol–water partition coefficient (Wildman–Crippen LogP) is 4.37. The summed E-state index contributed by atoms with van der Waals surface area (Å²) < 4.78 is 0. The van der Waals surface area contributed by atoms with Crippen molar-refractivity contribution >= 4 is 34.8 Å². The molecule has 1 aromatic heterocycles. The molecule has 23 heavy (non-hydrogen) atoms. The van der Waals surface area contributed by atoms with E-state index in [1.165, 1.54) is 19.3 Å². The molecule has 1 aliphatic rings. The first-order chi connectivity index (χ1) is 11.2. The Bertz CT molecular complexity index is 651. The number of pyridine rings is 1. The number of hydrogen-bond donors (Lipinski definition) is 2. The summed E-state index contributed by atoms with van der Waals surface area (Å²) in [5.41, 5.74) is 1.35. The number of urea groups is 1. The zero-order valence-corrected chi connectivity index (χ0v) is 13.5. The molecule has 0 atom stereocenters. The summed E-state index contributed by atoms with van der Waals surface area (Å²) in [5, 5.41) is 6.15. The summed E-state index contributed by atoms with van der Waals surface area (Å²) in [4.78, 5) is 18.7. The monoisotopic (exact) mass is 330 g/mol. The fraction of sp³-hybridized carbons (Fsp3) is 0.294. The summed E-state index contributed by atoms with van der Waals surface area (Å²) in [6.45, 7) is 2.10. The second kappa shape index (κ2) is 7.33. The Morgan fingerprint density at radius 2 is 1.61 bits per heavy atom. The number of carbonyl (C=O) groups excluding carboxylic acids is 1. The Morgan fingerprint density at radius 1 is 0.957 bits per heavy atom. The van der Waals surface area contributed by atoms with E-state index in [0.717, 1.165) is 18.9 Å². The van der Waals surface area contributed by atoms with Gasteiger partial charge in [0, 0.05) is 23.8 Å². The molecule has 1 aliphatic heterocycles. The van der Waals surface area contributed by atoms with Crippen LogP contribution < -0.4 is 15.5 Å². The second-order valence-electron chi connectivity index (χ2n) is 5.54. The number of aromatic nitrogens is 1. The van der Waals surface area contributed by atoms with Gasteiger partial charge in [-0.05, 0) is 55.7 Å². The van der Waals surface area contributed by atoms with Crippen molar-refractivity contribution < 1.29 is 4.79 Å². The van der Waals surface area contributed by atoms with Crippen LogP contribution >= 0.6 is 11.6 Å². The van der Waals surface area contributed by atoms with E-state index < -0.39 is 0 Å². The highest BCUT2D eigenvalue weighted by Gasteiger charge is 2.12. The number of anilines is 3. The number of nitrogens with zero attached hydrogens (tertiary/aromatic N) is 2. The molecule has 1 saturated heterocycles. The van der Waals surface area contributed by atoms with Crippen LogP contribution in [0.5, 0.6) is 0 Å². The lowest BCUT2D eigenvalue weighted by atomic mass is 10.1. The summed E-state index contributed by atoms with van der Waals surface area (Å²) in [6, 6.07) is 10.5. The Balaban J connectivity index is 1.57. The molecule has 2 aromatic rings. The van der Waals surface area contributed by atoms with Gasteiger partial charge in [0.25, 0.3) is 0 Å². The molecule has 1 aromatic carbocycles. The van der Waals surface area contributed by atoms with Crippen molar-refractivity contribution in [2.24, 2.45) is 0 Å². The Kier molecular flexibility index (Phi) is 4.98. The van der Waals surface area contributed by atoms with Crippen molar-refractivity contribution in [2.45, 2.75) is 19.3 Å². The van der Waals surface area contributed by atoms with Crippen molar-refractivity contribution in [3.63, 3.8) is 0 Å². The highest BCUT2D eigenvalue weighted by Crippen LogP contribution is 2.19. The minimum atomic E-state index is -0.306. The predicted molar refractivity (Wildman–Crippen MR) is 94.4 cm³/mol. The molecule has 6 heteroatoms. The number of benzene rings is 1. The summed E-state index contributed by atoms with van der Waals surface area (Å²) >= 11 is 5.82. The van der Waals surface area contributed by atoms with Gasteiger partial charge < -0.3 is 15.5 Å². The molecule has 2 amide bonds. The highest BCUT2D eigenvalue weighted by atomic mass is 35.5. The maximum absolute atomic E-state index is 12.0. The number of halogens is 1. The van der Waals surface area contributed by atoms with Crippen molar-refractivity contribution in [3.05, 3.63) is 47.6 Å². The van der Waals surface area contributed by atoms with E-state index in [2.05, 4.69) is 20.5 Å². The van der Waals surface area contributed by atoms with E-state index in [9.17, 15) is 4.79 Å². The molecule has 1 fully saturated rings. The van der Waals surface area contributed by atoms with Gasteiger partial charge in [-0.3, -0.25) is 0 Å². The van der Waals surface area contributed by atoms with Crippen LogP contribution in [0.15, 0.2) is 42.6 Å². The Morgan fingerprint density at radius 3 is 2.26 bits per heavy atom. The SMILES string of the molecule is O=C(Nc1ccc(Cl)cc1)Nc1ccc(N2CCCCC2)nc1. The molecule has 0 spiro atoms. The van der Waals surface area contributed by atoms with Gasteiger partial charge in [0.1, 0.15) is 5.82 Å². The van der Waals surface area contributed by atoms with Crippen LogP contribution in [0.3, 0.4) is 0 Å².